The Morgan fingerprint density at radius 1 is 1.24 bits per heavy atom. The molecule has 0 atom stereocenters. The Morgan fingerprint density at radius 3 is 2.18 bits per heavy atom. The molecular weight excluding hydrogens is 248 g/mol. The molecule has 0 aliphatic heterocycles. The van der Waals surface area contributed by atoms with E-state index in [9.17, 15) is 18.0 Å². The molecule has 8 heteroatoms. The number of carbonyl (C=O) groups excluding carboxylic acids is 2. The van der Waals surface area contributed by atoms with Crippen LogP contribution in [0.5, 0.6) is 0 Å². The maximum Gasteiger partial charge on any atom is 0.421 e. The molecule has 1 amide bonds. The van der Waals surface area contributed by atoms with Crippen LogP contribution in [0.15, 0.2) is 0 Å². The molecule has 0 aromatic rings. The summed E-state index contributed by atoms with van der Waals surface area (Å²) in [5, 5.41) is 0. The van der Waals surface area contributed by atoms with Crippen LogP contribution in [-0.4, -0.2) is 33.4 Å². The quantitative estimate of drug-likeness (QED) is 0.739. The fourth-order valence-corrected chi connectivity index (χ4v) is 1.40. The van der Waals surface area contributed by atoms with Gasteiger partial charge < -0.3 is 4.74 Å². The molecule has 0 aliphatic rings. The van der Waals surface area contributed by atoms with Gasteiger partial charge in [0.2, 0.25) is 0 Å². The summed E-state index contributed by atoms with van der Waals surface area (Å²) in [5.74, 6) is -0.285. The SMILES string of the molecule is CCOC(=O)NS(=O)(=O)NCC(=O)C(C)(C)C. The molecule has 2 N–H and O–H groups in total. The highest BCUT2D eigenvalue weighted by molar-refractivity contribution is 7.88. The number of carbonyl (C=O) groups is 2. The standard InChI is InChI=1S/C9H18N2O5S/c1-5-16-8(13)11-17(14,15)10-6-7(12)9(2,3)4/h10H,5-6H2,1-4H3,(H,11,13). The average molecular weight is 266 g/mol. The Kier molecular flexibility index (Phi) is 5.56. The van der Waals surface area contributed by atoms with Crippen LogP contribution in [-0.2, 0) is 19.7 Å². The van der Waals surface area contributed by atoms with Gasteiger partial charge in [0, 0.05) is 5.41 Å². The van der Waals surface area contributed by atoms with Crippen molar-refractivity contribution in [3.8, 4) is 0 Å². The van der Waals surface area contributed by atoms with Crippen LogP contribution in [0.3, 0.4) is 0 Å². The van der Waals surface area contributed by atoms with Gasteiger partial charge in [0.1, 0.15) is 0 Å². The van der Waals surface area contributed by atoms with Crippen molar-refractivity contribution in [1.29, 1.82) is 0 Å². The Labute approximate surface area is 101 Å². The van der Waals surface area contributed by atoms with E-state index in [1.54, 1.807) is 32.4 Å². The van der Waals surface area contributed by atoms with Gasteiger partial charge in [-0.3, -0.25) is 4.79 Å². The molecule has 0 rings (SSSR count). The Balaban J connectivity index is 4.30. The second kappa shape index (κ2) is 5.97. The van der Waals surface area contributed by atoms with Crippen molar-refractivity contribution in [2.24, 2.45) is 5.41 Å². The number of ether oxygens (including phenoxy) is 1. The van der Waals surface area contributed by atoms with Gasteiger partial charge in [-0.15, -0.1) is 0 Å². The van der Waals surface area contributed by atoms with Gasteiger partial charge in [0.05, 0.1) is 13.2 Å². The Hall–Kier alpha value is -1.15. The van der Waals surface area contributed by atoms with Gasteiger partial charge in [-0.1, -0.05) is 20.8 Å². The third kappa shape index (κ3) is 6.90. The predicted molar refractivity (Wildman–Crippen MR) is 61.5 cm³/mol. The van der Waals surface area contributed by atoms with Gasteiger partial charge in [0.25, 0.3) is 0 Å². The highest BCUT2D eigenvalue weighted by Crippen LogP contribution is 2.13. The number of rotatable bonds is 5. The van der Waals surface area contributed by atoms with Crippen LogP contribution in [0.1, 0.15) is 27.7 Å². The summed E-state index contributed by atoms with van der Waals surface area (Å²) in [6, 6.07) is 0. The van der Waals surface area contributed by atoms with Crippen LogP contribution >= 0.6 is 0 Å². The summed E-state index contributed by atoms with van der Waals surface area (Å²) in [4.78, 5) is 22.3. The van der Waals surface area contributed by atoms with Gasteiger partial charge >= 0.3 is 16.3 Å². The Bertz CT molecular complexity index is 383. The average Bonchev–Trinajstić information content (AvgIpc) is 2.12. The van der Waals surface area contributed by atoms with E-state index in [4.69, 9.17) is 0 Å². The summed E-state index contributed by atoms with van der Waals surface area (Å²) < 4.78 is 30.5. The van der Waals surface area contributed by atoms with E-state index in [2.05, 4.69) is 4.74 Å². The first-order chi connectivity index (χ1) is 7.58. The molecule has 0 aromatic carbocycles. The van der Waals surface area contributed by atoms with Gasteiger partial charge in [-0.2, -0.15) is 13.1 Å². The maximum atomic E-state index is 11.5. The number of Topliss-reactive ketones (excluding diaryl/α,β-unsaturated/α-hetero) is 1. The number of hydrogen-bond donors (Lipinski definition) is 2. The van der Waals surface area contributed by atoms with E-state index in [1.165, 1.54) is 0 Å². The molecule has 0 aromatic heterocycles. The number of hydrogen-bond acceptors (Lipinski definition) is 5. The number of amides is 1. The lowest BCUT2D eigenvalue weighted by atomic mass is 9.91. The first-order valence-electron chi connectivity index (χ1n) is 5.06. The van der Waals surface area contributed by atoms with Crippen molar-refractivity contribution in [3.63, 3.8) is 0 Å². The molecule has 0 fully saturated rings. The maximum absolute atomic E-state index is 11.5. The van der Waals surface area contributed by atoms with E-state index < -0.39 is 21.7 Å². The molecular formula is C9H18N2O5S. The van der Waals surface area contributed by atoms with E-state index >= 15 is 0 Å². The van der Waals surface area contributed by atoms with Gasteiger partial charge in [0.15, 0.2) is 5.78 Å². The molecule has 0 saturated carbocycles. The van der Waals surface area contributed by atoms with E-state index in [1.807, 2.05) is 4.72 Å². The fraction of sp³-hybridized carbons (Fsp3) is 0.778. The molecule has 0 saturated heterocycles. The molecule has 17 heavy (non-hydrogen) atoms. The summed E-state index contributed by atoms with van der Waals surface area (Å²) in [5.41, 5.74) is -0.646. The van der Waals surface area contributed by atoms with E-state index in [0.29, 0.717) is 0 Å². The minimum absolute atomic E-state index is 0.0578. The highest BCUT2D eigenvalue weighted by atomic mass is 32.2. The molecule has 0 unspecified atom stereocenters. The third-order valence-electron chi connectivity index (χ3n) is 1.75. The smallest absolute Gasteiger partial charge is 0.421 e. The fourth-order valence-electron chi connectivity index (χ4n) is 0.732. The summed E-state index contributed by atoms with van der Waals surface area (Å²) >= 11 is 0. The lowest BCUT2D eigenvalue weighted by molar-refractivity contribution is -0.125. The molecule has 7 nitrogen and oxygen atoms in total. The van der Waals surface area contributed by atoms with Crippen LogP contribution in [0, 0.1) is 5.41 Å². The number of ketones is 1. The van der Waals surface area contributed by atoms with Crippen LogP contribution in [0.4, 0.5) is 4.79 Å². The zero-order chi connectivity index (χ0) is 13.7. The van der Waals surface area contributed by atoms with Crippen molar-refractivity contribution >= 4 is 22.1 Å². The molecule has 0 heterocycles. The van der Waals surface area contributed by atoms with E-state index in [0.717, 1.165) is 0 Å². The minimum Gasteiger partial charge on any atom is -0.449 e. The Morgan fingerprint density at radius 2 is 1.76 bits per heavy atom. The van der Waals surface area contributed by atoms with Crippen molar-refractivity contribution in [1.82, 2.24) is 9.44 Å². The lowest BCUT2D eigenvalue weighted by Crippen LogP contribution is -2.44. The molecule has 0 spiro atoms. The molecule has 100 valence electrons. The summed E-state index contributed by atoms with van der Waals surface area (Å²) in [6.45, 7) is 6.23. The molecule has 0 aliphatic carbocycles. The normalized spacial score (nSPS) is 12.0. The largest absolute Gasteiger partial charge is 0.449 e. The predicted octanol–water partition coefficient (Wildman–Crippen LogP) is 0.182. The first-order valence-corrected chi connectivity index (χ1v) is 6.54. The zero-order valence-electron chi connectivity index (χ0n) is 10.4. The third-order valence-corrected chi connectivity index (χ3v) is 2.71. The molecule has 0 radical (unpaired) electrons. The summed E-state index contributed by atoms with van der Waals surface area (Å²) in [6.07, 6.45) is -1.08. The second-order valence-electron chi connectivity index (χ2n) is 4.32. The first kappa shape index (κ1) is 15.9. The highest BCUT2D eigenvalue weighted by Gasteiger charge is 2.23. The number of nitrogens with one attached hydrogen (secondary N) is 2. The summed E-state index contributed by atoms with van der Waals surface area (Å²) in [7, 11) is -4.05. The van der Waals surface area contributed by atoms with Crippen LogP contribution < -0.4 is 9.44 Å². The topological polar surface area (TPSA) is 102 Å². The lowest BCUT2D eigenvalue weighted by Gasteiger charge is -2.16. The monoisotopic (exact) mass is 266 g/mol. The van der Waals surface area contributed by atoms with E-state index in [-0.39, 0.29) is 18.9 Å². The van der Waals surface area contributed by atoms with Gasteiger partial charge in [-0.25, -0.2) is 9.52 Å². The zero-order valence-corrected chi connectivity index (χ0v) is 11.2. The second-order valence-corrected chi connectivity index (χ2v) is 5.82. The van der Waals surface area contributed by atoms with Crippen molar-refractivity contribution in [3.05, 3.63) is 0 Å². The van der Waals surface area contributed by atoms with Crippen molar-refractivity contribution in [2.45, 2.75) is 27.7 Å². The van der Waals surface area contributed by atoms with Crippen LogP contribution in [0.25, 0.3) is 0 Å². The van der Waals surface area contributed by atoms with Crippen LogP contribution in [0.2, 0.25) is 0 Å². The van der Waals surface area contributed by atoms with Crippen molar-refractivity contribution < 1.29 is 22.7 Å². The molecule has 0 bridgehead atoms. The van der Waals surface area contributed by atoms with Gasteiger partial charge in [-0.05, 0) is 6.92 Å². The minimum atomic E-state index is -4.05. The van der Waals surface area contributed by atoms with Crippen molar-refractivity contribution in [2.75, 3.05) is 13.2 Å².